The molecule has 1 saturated heterocycles. The monoisotopic (exact) mass is 314 g/mol. The van der Waals surface area contributed by atoms with Gasteiger partial charge in [-0.25, -0.2) is 0 Å². The van der Waals surface area contributed by atoms with Gasteiger partial charge in [-0.1, -0.05) is 6.07 Å². The average Bonchev–Trinajstić information content (AvgIpc) is 2.95. The van der Waals surface area contributed by atoms with Crippen molar-refractivity contribution in [2.24, 2.45) is 13.0 Å². The minimum absolute atomic E-state index is 0.171. The quantitative estimate of drug-likeness (QED) is 0.792. The molecule has 0 unspecified atom stereocenters. The summed E-state index contributed by atoms with van der Waals surface area (Å²) in [4.78, 5) is 14.9. The number of carbonyl (C=O) groups is 1. The van der Waals surface area contributed by atoms with Gasteiger partial charge in [0.2, 0.25) is 0 Å². The summed E-state index contributed by atoms with van der Waals surface area (Å²) in [5.74, 6) is 0.783. The average molecular weight is 314 g/mol. The zero-order valence-electron chi connectivity index (χ0n) is 14.1. The van der Waals surface area contributed by atoms with Crippen molar-refractivity contribution in [2.75, 3.05) is 26.8 Å². The molecule has 23 heavy (non-hydrogen) atoms. The van der Waals surface area contributed by atoms with Crippen LogP contribution in [0.1, 0.15) is 36.0 Å². The summed E-state index contributed by atoms with van der Waals surface area (Å²) in [6, 6.07) is 8.10. The number of aromatic nitrogens is 1. The standard InChI is InChI=1S/C19H26N2O2/c1-20-11-9-16-7-8-17(13-18(16)20)19(22)21-10-3-5-15(14-21)6-4-12-23-2/h7-9,11,13,15H,3-6,10,12,14H2,1-2H3/t15-/m1/s1. The van der Waals surface area contributed by atoms with Crippen LogP contribution in [-0.2, 0) is 11.8 Å². The maximum Gasteiger partial charge on any atom is 0.253 e. The lowest BCUT2D eigenvalue weighted by Crippen LogP contribution is -2.40. The Labute approximate surface area is 138 Å². The Morgan fingerprint density at radius 3 is 3.04 bits per heavy atom. The number of carbonyl (C=O) groups excluding carboxylic acids is 1. The largest absolute Gasteiger partial charge is 0.385 e. The van der Waals surface area contributed by atoms with Gasteiger partial charge in [0.15, 0.2) is 0 Å². The van der Waals surface area contributed by atoms with E-state index in [0.29, 0.717) is 5.92 Å². The molecule has 1 amide bonds. The summed E-state index contributed by atoms with van der Waals surface area (Å²) in [6.45, 7) is 2.58. The zero-order chi connectivity index (χ0) is 16.2. The third kappa shape index (κ3) is 3.58. The van der Waals surface area contributed by atoms with Gasteiger partial charge in [-0.15, -0.1) is 0 Å². The third-order valence-corrected chi connectivity index (χ3v) is 4.90. The second kappa shape index (κ2) is 7.18. The van der Waals surface area contributed by atoms with E-state index in [1.54, 1.807) is 7.11 Å². The van der Waals surface area contributed by atoms with Crippen molar-refractivity contribution in [1.29, 1.82) is 0 Å². The number of nitrogens with zero attached hydrogens (tertiary/aromatic N) is 2. The Bertz CT molecular complexity index is 677. The van der Waals surface area contributed by atoms with Crippen LogP contribution in [0.4, 0.5) is 0 Å². The van der Waals surface area contributed by atoms with Gasteiger partial charge in [0.25, 0.3) is 5.91 Å². The molecule has 1 aliphatic rings. The smallest absolute Gasteiger partial charge is 0.253 e. The number of aryl methyl sites for hydroxylation is 1. The fourth-order valence-corrected chi connectivity index (χ4v) is 3.58. The Hall–Kier alpha value is -1.81. The number of hydrogen-bond donors (Lipinski definition) is 0. The molecule has 1 aliphatic heterocycles. The van der Waals surface area contributed by atoms with Crippen molar-refractivity contribution in [3.8, 4) is 0 Å². The van der Waals surface area contributed by atoms with Crippen LogP contribution in [0.15, 0.2) is 30.5 Å². The van der Waals surface area contributed by atoms with Crippen LogP contribution in [0.3, 0.4) is 0 Å². The van der Waals surface area contributed by atoms with Gasteiger partial charge in [0.1, 0.15) is 0 Å². The number of ether oxygens (including phenoxy) is 1. The first-order valence-electron chi connectivity index (χ1n) is 8.52. The summed E-state index contributed by atoms with van der Waals surface area (Å²) in [7, 11) is 3.76. The van der Waals surface area contributed by atoms with Crippen molar-refractivity contribution in [1.82, 2.24) is 9.47 Å². The second-order valence-corrected chi connectivity index (χ2v) is 6.59. The molecule has 4 nitrogen and oxygen atoms in total. The van der Waals surface area contributed by atoms with Gasteiger partial charge in [0.05, 0.1) is 0 Å². The van der Waals surface area contributed by atoms with Crippen molar-refractivity contribution in [2.45, 2.75) is 25.7 Å². The van der Waals surface area contributed by atoms with Crippen LogP contribution < -0.4 is 0 Å². The normalized spacial score (nSPS) is 18.5. The molecule has 4 heteroatoms. The van der Waals surface area contributed by atoms with E-state index < -0.39 is 0 Å². The predicted octanol–water partition coefficient (Wildman–Crippen LogP) is 3.46. The molecule has 124 valence electrons. The molecule has 1 aromatic heterocycles. The molecular formula is C19H26N2O2. The number of likely N-dealkylation sites (tertiary alicyclic amines) is 1. The number of rotatable bonds is 5. The van der Waals surface area contributed by atoms with Crippen LogP contribution in [0, 0.1) is 5.92 Å². The fourth-order valence-electron chi connectivity index (χ4n) is 3.58. The minimum atomic E-state index is 0.171. The Morgan fingerprint density at radius 2 is 2.22 bits per heavy atom. The topological polar surface area (TPSA) is 34.5 Å². The highest BCUT2D eigenvalue weighted by molar-refractivity contribution is 5.98. The SMILES string of the molecule is COCCC[C@H]1CCCN(C(=O)c2ccc3ccn(C)c3c2)C1. The van der Waals surface area contributed by atoms with E-state index in [1.165, 1.54) is 11.8 Å². The molecule has 3 rings (SSSR count). The van der Waals surface area contributed by atoms with Crippen LogP contribution >= 0.6 is 0 Å². The first-order chi connectivity index (χ1) is 11.2. The van der Waals surface area contributed by atoms with Crippen molar-refractivity contribution >= 4 is 16.8 Å². The Morgan fingerprint density at radius 1 is 1.35 bits per heavy atom. The van der Waals surface area contributed by atoms with Crippen LogP contribution in [0.5, 0.6) is 0 Å². The maximum absolute atomic E-state index is 12.8. The molecule has 1 aromatic carbocycles. The van der Waals surface area contributed by atoms with E-state index in [2.05, 4.69) is 10.6 Å². The molecule has 0 radical (unpaired) electrons. The summed E-state index contributed by atoms with van der Waals surface area (Å²) in [5, 5.41) is 1.18. The first-order valence-corrected chi connectivity index (χ1v) is 8.52. The first kappa shape index (κ1) is 16.1. The number of fused-ring (bicyclic) bond motifs is 1. The Kier molecular flexibility index (Phi) is 5.01. The Balaban J connectivity index is 1.69. The third-order valence-electron chi connectivity index (χ3n) is 4.90. The predicted molar refractivity (Wildman–Crippen MR) is 92.7 cm³/mol. The van der Waals surface area contributed by atoms with Crippen LogP contribution in [0.2, 0.25) is 0 Å². The molecular weight excluding hydrogens is 288 g/mol. The van der Waals surface area contributed by atoms with E-state index in [4.69, 9.17) is 4.74 Å². The van der Waals surface area contributed by atoms with E-state index >= 15 is 0 Å². The van der Waals surface area contributed by atoms with Crippen LogP contribution in [0.25, 0.3) is 10.9 Å². The fraction of sp³-hybridized carbons (Fsp3) is 0.526. The number of piperidine rings is 1. The van der Waals surface area contributed by atoms with Gasteiger partial charge in [-0.3, -0.25) is 4.79 Å². The molecule has 1 atom stereocenters. The van der Waals surface area contributed by atoms with Crippen molar-refractivity contribution in [3.05, 3.63) is 36.0 Å². The molecule has 0 aliphatic carbocycles. The number of benzene rings is 1. The van der Waals surface area contributed by atoms with Crippen molar-refractivity contribution in [3.63, 3.8) is 0 Å². The molecule has 2 aromatic rings. The van der Waals surface area contributed by atoms with E-state index in [1.807, 2.05) is 36.3 Å². The van der Waals surface area contributed by atoms with Crippen LogP contribution in [-0.4, -0.2) is 42.2 Å². The summed E-state index contributed by atoms with van der Waals surface area (Å²) >= 11 is 0. The lowest BCUT2D eigenvalue weighted by Gasteiger charge is -2.33. The van der Waals surface area contributed by atoms with Gasteiger partial charge < -0.3 is 14.2 Å². The van der Waals surface area contributed by atoms with E-state index in [0.717, 1.165) is 50.0 Å². The highest BCUT2D eigenvalue weighted by atomic mass is 16.5. The number of amides is 1. The van der Waals surface area contributed by atoms with Gasteiger partial charge >= 0.3 is 0 Å². The molecule has 2 heterocycles. The van der Waals surface area contributed by atoms with Crippen molar-refractivity contribution < 1.29 is 9.53 Å². The molecule has 0 bridgehead atoms. The second-order valence-electron chi connectivity index (χ2n) is 6.59. The zero-order valence-corrected chi connectivity index (χ0v) is 14.1. The van der Waals surface area contributed by atoms with Gasteiger partial charge in [-0.2, -0.15) is 0 Å². The van der Waals surface area contributed by atoms with E-state index in [-0.39, 0.29) is 5.91 Å². The molecule has 1 fully saturated rings. The summed E-state index contributed by atoms with van der Waals surface area (Å²) in [6.07, 6.45) is 6.60. The van der Waals surface area contributed by atoms with Gasteiger partial charge in [0, 0.05) is 51.1 Å². The lowest BCUT2D eigenvalue weighted by molar-refractivity contribution is 0.0660. The van der Waals surface area contributed by atoms with E-state index in [9.17, 15) is 4.79 Å². The molecule has 0 spiro atoms. The highest BCUT2D eigenvalue weighted by Crippen LogP contribution is 2.24. The maximum atomic E-state index is 12.8. The number of hydrogen-bond acceptors (Lipinski definition) is 2. The lowest BCUT2D eigenvalue weighted by atomic mass is 9.93. The highest BCUT2D eigenvalue weighted by Gasteiger charge is 2.24. The summed E-state index contributed by atoms with van der Waals surface area (Å²) in [5.41, 5.74) is 1.92. The summed E-state index contributed by atoms with van der Waals surface area (Å²) < 4.78 is 7.20. The van der Waals surface area contributed by atoms with Gasteiger partial charge in [-0.05, 0) is 55.2 Å². The molecule has 0 saturated carbocycles. The molecule has 0 N–H and O–H groups in total. The minimum Gasteiger partial charge on any atom is -0.385 e. The number of methoxy groups -OCH3 is 1.